The van der Waals surface area contributed by atoms with Gasteiger partial charge in [0.2, 0.25) is 0 Å². The average Bonchev–Trinajstić information content (AvgIpc) is 3.26. The number of rotatable bonds is 4. The Labute approximate surface area is 128 Å². The number of benzene rings is 1. The van der Waals surface area contributed by atoms with Crippen LogP contribution >= 0.6 is 23.5 Å². The first-order valence-electron chi connectivity index (χ1n) is 6.95. The standard InChI is InChI=1S/C16H18O2S2/c1-16(6-7-16)15(18)12-4-2-11(3-5-12)14(17)13-8-19-10-20-9-13/h2-5,13H,6-10H2,1H3. The molecular formula is C16H18O2S2. The summed E-state index contributed by atoms with van der Waals surface area (Å²) in [6.45, 7) is 2.02. The Hall–Kier alpha value is -0.740. The smallest absolute Gasteiger partial charge is 0.168 e. The Morgan fingerprint density at radius 2 is 1.60 bits per heavy atom. The van der Waals surface area contributed by atoms with Crippen molar-refractivity contribution in [2.75, 3.05) is 16.6 Å². The van der Waals surface area contributed by atoms with Crippen molar-refractivity contribution < 1.29 is 9.59 Å². The van der Waals surface area contributed by atoms with Gasteiger partial charge in [-0.3, -0.25) is 9.59 Å². The number of ketones is 2. The zero-order valence-corrected chi connectivity index (χ0v) is 13.2. The van der Waals surface area contributed by atoms with Crippen molar-refractivity contribution >= 4 is 35.1 Å². The van der Waals surface area contributed by atoms with Gasteiger partial charge in [-0.25, -0.2) is 0 Å². The molecule has 2 aliphatic rings. The van der Waals surface area contributed by atoms with Gasteiger partial charge in [0.15, 0.2) is 11.6 Å². The summed E-state index contributed by atoms with van der Waals surface area (Å²) in [6, 6.07) is 7.29. The third-order valence-electron chi connectivity index (χ3n) is 4.16. The molecule has 1 heterocycles. The van der Waals surface area contributed by atoms with Crippen LogP contribution in [0.4, 0.5) is 0 Å². The van der Waals surface area contributed by atoms with Crippen molar-refractivity contribution in [1.29, 1.82) is 0 Å². The van der Waals surface area contributed by atoms with Gasteiger partial charge in [0.05, 0.1) is 0 Å². The second-order valence-electron chi connectivity index (χ2n) is 5.89. The van der Waals surface area contributed by atoms with E-state index in [9.17, 15) is 9.59 Å². The SMILES string of the molecule is CC1(C(=O)c2ccc(C(=O)C3CSCSC3)cc2)CC1. The first kappa shape index (κ1) is 14.2. The summed E-state index contributed by atoms with van der Waals surface area (Å²) < 4.78 is 0. The zero-order chi connectivity index (χ0) is 14.2. The van der Waals surface area contributed by atoms with Crippen molar-refractivity contribution in [3.63, 3.8) is 0 Å². The Morgan fingerprint density at radius 3 is 2.15 bits per heavy atom. The maximum atomic E-state index is 12.4. The first-order valence-corrected chi connectivity index (χ1v) is 9.26. The predicted octanol–water partition coefficient (Wildman–Crippen LogP) is 3.91. The van der Waals surface area contributed by atoms with Crippen LogP contribution in [-0.4, -0.2) is 28.2 Å². The Bertz CT molecular complexity index is 526. The number of hydrogen-bond donors (Lipinski definition) is 0. The van der Waals surface area contributed by atoms with Crippen molar-refractivity contribution in [3.8, 4) is 0 Å². The minimum absolute atomic E-state index is 0.126. The molecule has 0 aromatic heterocycles. The fourth-order valence-corrected chi connectivity index (χ4v) is 4.92. The first-order chi connectivity index (χ1) is 9.60. The van der Waals surface area contributed by atoms with Gasteiger partial charge in [0.25, 0.3) is 0 Å². The highest BCUT2D eigenvalue weighted by atomic mass is 32.2. The highest BCUT2D eigenvalue weighted by molar-refractivity contribution is 8.16. The summed E-state index contributed by atoms with van der Waals surface area (Å²) >= 11 is 3.67. The Balaban J connectivity index is 1.72. The second-order valence-corrected chi connectivity index (χ2v) is 8.31. The Morgan fingerprint density at radius 1 is 1.05 bits per heavy atom. The van der Waals surface area contributed by atoms with Crippen molar-refractivity contribution in [3.05, 3.63) is 35.4 Å². The van der Waals surface area contributed by atoms with E-state index in [2.05, 4.69) is 0 Å². The lowest BCUT2D eigenvalue weighted by Gasteiger charge is -2.19. The van der Waals surface area contributed by atoms with Crippen LogP contribution in [0.15, 0.2) is 24.3 Å². The molecule has 0 N–H and O–H groups in total. The van der Waals surface area contributed by atoms with Gasteiger partial charge in [-0.05, 0) is 12.8 Å². The van der Waals surface area contributed by atoms with Crippen molar-refractivity contribution in [2.45, 2.75) is 19.8 Å². The lowest BCUT2D eigenvalue weighted by Crippen LogP contribution is -2.22. The fourth-order valence-electron chi connectivity index (χ4n) is 2.42. The summed E-state index contributed by atoms with van der Waals surface area (Å²) in [4.78, 5) is 24.6. The molecule has 4 heteroatoms. The fraction of sp³-hybridized carbons (Fsp3) is 0.500. The van der Waals surface area contributed by atoms with Gasteiger partial charge in [0, 0.05) is 39.1 Å². The van der Waals surface area contributed by atoms with Crippen LogP contribution in [0.1, 0.15) is 40.5 Å². The van der Waals surface area contributed by atoms with Crippen LogP contribution < -0.4 is 0 Å². The molecule has 0 bridgehead atoms. The van der Waals surface area contributed by atoms with Gasteiger partial charge >= 0.3 is 0 Å². The molecular weight excluding hydrogens is 288 g/mol. The molecule has 1 saturated heterocycles. The zero-order valence-electron chi connectivity index (χ0n) is 11.6. The lowest BCUT2D eigenvalue weighted by atomic mass is 9.94. The maximum absolute atomic E-state index is 12.4. The van der Waals surface area contributed by atoms with Crippen molar-refractivity contribution in [1.82, 2.24) is 0 Å². The molecule has 1 aliphatic carbocycles. The van der Waals surface area contributed by atoms with Crippen molar-refractivity contribution in [2.24, 2.45) is 11.3 Å². The van der Waals surface area contributed by atoms with E-state index in [1.165, 1.54) is 0 Å². The van der Waals surface area contributed by atoms with E-state index in [1.807, 2.05) is 54.7 Å². The number of carbonyl (C=O) groups is 2. The van der Waals surface area contributed by atoms with Crippen LogP contribution in [-0.2, 0) is 0 Å². The topological polar surface area (TPSA) is 34.1 Å². The molecule has 2 fully saturated rings. The lowest BCUT2D eigenvalue weighted by molar-refractivity contribution is 0.0909. The summed E-state index contributed by atoms with van der Waals surface area (Å²) in [5.74, 6) is 2.41. The monoisotopic (exact) mass is 306 g/mol. The normalized spacial score (nSPS) is 21.4. The van der Waals surface area contributed by atoms with E-state index >= 15 is 0 Å². The van der Waals surface area contributed by atoms with E-state index in [1.54, 1.807) is 0 Å². The number of Topliss-reactive ketones (excluding diaryl/α,β-unsaturated/α-hetero) is 2. The van der Waals surface area contributed by atoms with Gasteiger partial charge in [-0.1, -0.05) is 31.2 Å². The quantitative estimate of drug-likeness (QED) is 0.790. The highest BCUT2D eigenvalue weighted by Crippen LogP contribution is 2.47. The molecule has 1 aliphatic heterocycles. The molecule has 2 nitrogen and oxygen atoms in total. The average molecular weight is 306 g/mol. The van der Waals surface area contributed by atoms with Gasteiger partial charge in [-0.15, -0.1) is 0 Å². The molecule has 1 aromatic rings. The van der Waals surface area contributed by atoms with E-state index in [0.717, 1.165) is 40.6 Å². The summed E-state index contributed by atoms with van der Waals surface area (Å²) in [5, 5.41) is 1.09. The molecule has 106 valence electrons. The largest absolute Gasteiger partial charge is 0.294 e. The Kier molecular flexibility index (Phi) is 3.95. The molecule has 1 saturated carbocycles. The highest BCUT2D eigenvalue weighted by Gasteiger charge is 2.44. The third kappa shape index (κ3) is 2.82. The number of thioether (sulfide) groups is 2. The second kappa shape index (κ2) is 5.57. The van der Waals surface area contributed by atoms with Crippen LogP contribution in [0.2, 0.25) is 0 Å². The van der Waals surface area contributed by atoms with E-state index in [0.29, 0.717) is 0 Å². The van der Waals surface area contributed by atoms with Crippen LogP contribution in [0, 0.1) is 11.3 Å². The molecule has 0 unspecified atom stereocenters. The maximum Gasteiger partial charge on any atom is 0.168 e. The summed E-state index contributed by atoms with van der Waals surface area (Å²) in [5.41, 5.74) is 1.35. The molecule has 3 rings (SSSR count). The molecule has 0 amide bonds. The van der Waals surface area contributed by atoms with Crippen LogP contribution in [0.3, 0.4) is 0 Å². The number of hydrogen-bond acceptors (Lipinski definition) is 4. The predicted molar refractivity (Wildman–Crippen MR) is 85.7 cm³/mol. The summed E-state index contributed by atoms with van der Waals surface area (Å²) in [6.07, 6.45) is 1.98. The minimum Gasteiger partial charge on any atom is -0.294 e. The third-order valence-corrected chi connectivity index (χ3v) is 6.76. The van der Waals surface area contributed by atoms with Crippen LogP contribution in [0.25, 0.3) is 0 Å². The summed E-state index contributed by atoms with van der Waals surface area (Å²) in [7, 11) is 0. The molecule has 0 atom stereocenters. The minimum atomic E-state index is -0.137. The van der Waals surface area contributed by atoms with Gasteiger partial charge in [0.1, 0.15) is 0 Å². The number of carbonyl (C=O) groups excluding carboxylic acids is 2. The molecule has 20 heavy (non-hydrogen) atoms. The van der Waals surface area contributed by atoms with Crippen LogP contribution in [0.5, 0.6) is 0 Å². The van der Waals surface area contributed by atoms with E-state index in [-0.39, 0.29) is 22.9 Å². The van der Waals surface area contributed by atoms with E-state index in [4.69, 9.17) is 0 Å². The molecule has 0 radical (unpaired) electrons. The van der Waals surface area contributed by atoms with Gasteiger partial charge in [-0.2, -0.15) is 23.5 Å². The van der Waals surface area contributed by atoms with E-state index < -0.39 is 0 Å². The molecule has 1 aromatic carbocycles. The molecule has 0 spiro atoms. The van der Waals surface area contributed by atoms with Gasteiger partial charge < -0.3 is 0 Å².